The standard InChI is InChI=1S/C26H35N7O3S.2C24H31N7O3S/c1-4-37(34,35)31-20-5-7-21(8-6-20)33-16-22(13-29-33)36-26-25(27)28-14-24(30-26)18-11-17(2)23-9-10-32(3)15-19(23)12-18;1-4-35(32,33)30-8-5-19(14-30)31-15-20(11-27-31)34-24-23(25)26-12-22(28-24)17-9-16(2)21-6-7-29(3)13-18(21)10-17;1-4-35(32,33)29-18-9-19(10-18)31-14-20(11-27-31)34-24-23(25)26-12-22(28-24)16-7-15(2)21-5-6-30(3)13-17(21)8-16/h11-14,16,20-21,31H,4-10,15H2,1-3H3,(H2,27,28);9-12,15,19H,4-8,13-14H2,1-3H3,(H2,25,26);7-8,11-12,14,18-19,29H,4-6,9-10,13H2,1-3H3,(H2,25,26). The van der Waals surface area contributed by atoms with E-state index in [4.69, 9.17) is 36.4 Å². The highest BCUT2D eigenvalue weighted by Gasteiger charge is 2.35. The zero-order valence-corrected chi connectivity index (χ0v) is 64.6. The summed E-state index contributed by atoms with van der Waals surface area (Å²) < 4.78 is 102. The summed E-state index contributed by atoms with van der Waals surface area (Å²) in [6.07, 6.45) is 23.7. The lowest BCUT2D eigenvalue weighted by Gasteiger charge is -2.35. The van der Waals surface area contributed by atoms with Crippen molar-refractivity contribution in [2.75, 3.05) is 88.3 Å². The third-order valence-electron chi connectivity index (χ3n) is 21.1. The summed E-state index contributed by atoms with van der Waals surface area (Å²) >= 11 is 0. The van der Waals surface area contributed by atoms with Crippen molar-refractivity contribution in [1.82, 2.24) is 87.7 Å². The molecule has 10 heterocycles. The monoisotopic (exact) mass is 1520 g/mol. The molecule has 0 bridgehead atoms. The summed E-state index contributed by atoms with van der Waals surface area (Å²) in [6.45, 7) is 18.2. The predicted octanol–water partition coefficient (Wildman–Crippen LogP) is 8.70. The molecule has 6 aliphatic rings. The van der Waals surface area contributed by atoms with Crippen LogP contribution in [-0.2, 0) is 69.0 Å². The van der Waals surface area contributed by atoms with Crippen LogP contribution in [0.15, 0.2) is 92.2 Å². The lowest BCUT2D eigenvalue weighted by Crippen LogP contribution is -2.45. The van der Waals surface area contributed by atoms with Crippen molar-refractivity contribution >= 4 is 47.5 Å². The molecule has 33 heteroatoms. The fourth-order valence-corrected chi connectivity index (χ4v) is 17.8. The Bertz CT molecular complexity index is 5080. The Hall–Kier alpha value is -9.06. The average Bonchev–Trinajstić information content (AvgIpc) is 1.72. The van der Waals surface area contributed by atoms with Crippen LogP contribution < -0.4 is 40.9 Å². The van der Waals surface area contributed by atoms with Crippen molar-refractivity contribution < 1.29 is 39.5 Å². The molecule has 15 rings (SSSR count). The van der Waals surface area contributed by atoms with Gasteiger partial charge in [-0.2, -0.15) is 19.6 Å². The molecule has 0 spiro atoms. The number of anilines is 3. The van der Waals surface area contributed by atoms with Crippen molar-refractivity contribution in [1.29, 1.82) is 0 Å². The predicted molar refractivity (Wildman–Crippen MR) is 410 cm³/mol. The number of hydrogen-bond donors (Lipinski definition) is 5. The van der Waals surface area contributed by atoms with Crippen molar-refractivity contribution in [2.45, 2.75) is 156 Å². The van der Waals surface area contributed by atoms with Gasteiger partial charge in [0.15, 0.2) is 34.7 Å². The summed E-state index contributed by atoms with van der Waals surface area (Å²) in [5.74, 6) is 3.11. The Balaban J connectivity index is 0.000000142. The van der Waals surface area contributed by atoms with Crippen LogP contribution >= 0.6 is 0 Å². The van der Waals surface area contributed by atoms with E-state index in [0.29, 0.717) is 66.7 Å². The molecule has 570 valence electrons. The maximum absolute atomic E-state index is 12.2. The zero-order valence-electron chi connectivity index (χ0n) is 62.2. The molecule has 0 amide bonds. The number of nitrogen functional groups attached to an aromatic ring is 3. The Morgan fingerprint density at radius 1 is 0.449 bits per heavy atom. The Morgan fingerprint density at radius 2 is 0.813 bits per heavy atom. The number of nitrogens with two attached hydrogens (primary N) is 3. The lowest BCUT2D eigenvalue weighted by atomic mass is 9.88. The molecule has 8 N–H and O–H groups in total. The van der Waals surface area contributed by atoms with E-state index >= 15 is 0 Å². The topological polar surface area (TPSA) is 376 Å². The van der Waals surface area contributed by atoms with Crippen molar-refractivity contribution in [3.8, 4) is 68.7 Å². The van der Waals surface area contributed by atoms with Gasteiger partial charge in [-0.25, -0.2) is 64.6 Å². The number of fused-ring (bicyclic) bond motifs is 3. The molecule has 4 aliphatic heterocycles. The normalized spacial score (nSPS) is 20.0. The summed E-state index contributed by atoms with van der Waals surface area (Å²) in [4.78, 5) is 33.9. The first-order chi connectivity index (χ1) is 51.1. The van der Waals surface area contributed by atoms with Gasteiger partial charge in [0.1, 0.15) is 0 Å². The van der Waals surface area contributed by atoms with Gasteiger partial charge in [-0.05, 0) is 213 Å². The minimum atomic E-state index is -3.21. The van der Waals surface area contributed by atoms with Gasteiger partial charge in [0.25, 0.3) is 17.6 Å². The molecular weight excluding hydrogens is 1420 g/mol. The summed E-state index contributed by atoms with van der Waals surface area (Å²) in [6, 6.07) is 13.2. The van der Waals surface area contributed by atoms with E-state index in [9.17, 15) is 25.3 Å². The number of aromatic nitrogens is 12. The first-order valence-electron chi connectivity index (χ1n) is 36.6. The van der Waals surface area contributed by atoms with Crippen LogP contribution in [-0.4, -0.2) is 187 Å². The summed E-state index contributed by atoms with van der Waals surface area (Å²) in [7, 11) is -3.19. The van der Waals surface area contributed by atoms with E-state index < -0.39 is 30.1 Å². The number of aryl methyl sites for hydroxylation is 3. The minimum Gasteiger partial charge on any atom is -0.433 e. The average molecular weight is 1520 g/mol. The van der Waals surface area contributed by atoms with E-state index in [1.165, 1.54) is 54.4 Å². The summed E-state index contributed by atoms with van der Waals surface area (Å²) in [5, 5.41) is 13.3. The van der Waals surface area contributed by atoms with Crippen molar-refractivity contribution in [3.05, 3.63) is 142 Å². The van der Waals surface area contributed by atoms with Crippen LogP contribution in [0.5, 0.6) is 34.9 Å². The van der Waals surface area contributed by atoms with E-state index in [1.54, 1.807) is 79.7 Å². The third kappa shape index (κ3) is 18.1. The van der Waals surface area contributed by atoms with Gasteiger partial charge in [0, 0.05) is 81.1 Å². The number of sulfonamides is 3. The lowest BCUT2D eigenvalue weighted by molar-refractivity contribution is 0.232. The van der Waals surface area contributed by atoms with Gasteiger partial charge >= 0.3 is 0 Å². The maximum atomic E-state index is 12.2. The van der Waals surface area contributed by atoms with E-state index in [-0.39, 0.29) is 82.6 Å². The highest BCUT2D eigenvalue weighted by molar-refractivity contribution is 7.89. The molecule has 0 radical (unpaired) electrons. The van der Waals surface area contributed by atoms with E-state index in [0.717, 1.165) is 101 Å². The van der Waals surface area contributed by atoms with Crippen LogP contribution in [0, 0.1) is 20.8 Å². The number of hydrogen-bond acceptors (Lipinski definition) is 24. The molecule has 1 unspecified atom stereocenters. The van der Waals surface area contributed by atoms with Gasteiger partial charge < -0.3 is 46.1 Å². The minimum absolute atomic E-state index is 0.0158. The van der Waals surface area contributed by atoms with E-state index in [2.05, 4.69) is 143 Å². The highest BCUT2D eigenvalue weighted by atomic mass is 32.2. The van der Waals surface area contributed by atoms with Crippen LogP contribution in [0.2, 0.25) is 0 Å². The first kappa shape index (κ1) is 76.1. The second kappa shape index (κ2) is 32.0. The van der Waals surface area contributed by atoms with Crippen molar-refractivity contribution in [2.24, 2.45) is 0 Å². The van der Waals surface area contributed by atoms with Crippen LogP contribution in [0.25, 0.3) is 33.8 Å². The number of ether oxygens (including phenoxy) is 3. The molecule has 2 aliphatic carbocycles. The number of rotatable bonds is 20. The molecule has 107 heavy (non-hydrogen) atoms. The summed E-state index contributed by atoms with van der Waals surface area (Å²) in [5.41, 5.74) is 35.3. The largest absolute Gasteiger partial charge is 0.433 e. The molecule has 9 aromatic rings. The molecule has 1 atom stereocenters. The molecular formula is C74H97N21O9S3. The maximum Gasteiger partial charge on any atom is 0.263 e. The Labute approximate surface area is 626 Å². The Morgan fingerprint density at radius 3 is 1.19 bits per heavy atom. The number of nitrogens with one attached hydrogen (secondary N) is 2. The number of nitrogens with zero attached hydrogens (tertiary/aromatic N) is 16. The number of likely N-dealkylation sites (N-methyl/N-ethyl adjacent to an activating group) is 3. The van der Waals surface area contributed by atoms with Crippen LogP contribution in [0.4, 0.5) is 17.5 Å². The fourth-order valence-electron chi connectivity index (χ4n) is 14.9. The molecule has 6 aromatic heterocycles. The van der Waals surface area contributed by atoms with Crippen LogP contribution in [0.1, 0.15) is 134 Å². The SMILES string of the molecule is CCS(=O)(=O)N1CCC(n2cc(Oc3nc(-c4cc(C)c5c(c4)CN(C)CC5)cnc3N)cn2)C1.CCS(=O)(=O)NC1CC(n2cc(Oc3nc(-c4cc(C)c5c(c4)CN(C)CC5)cnc3N)cn2)C1.CCS(=O)(=O)NC1CCC(n2cc(Oc3nc(-c4cc(C)c5c(c4)CN(C)CC5)cnc3N)cn2)CC1. The third-order valence-corrected chi connectivity index (χ3v) is 25.8. The quantitative estimate of drug-likeness (QED) is 0.0476. The van der Waals surface area contributed by atoms with Crippen LogP contribution in [0.3, 0.4) is 0 Å². The van der Waals surface area contributed by atoms with Crippen molar-refractivity contribution in [3.63, 3.8) is 0 Å². The Kier molecular flexibility index (Phi) is 22.8. The second-order valence-corrected chi connectivity index (χ2v) is 35.3. The molecule has 30 nitrogen and oxygen atoms in total. The van der Waals surface area contributed by atoms with Gasteiger partial charge in [0.05, 0.1) is 108 Å². The van der Waals surface area contributed by atoms with E-state index in [1.807, 2.05) is 10.9 Å². The fraction of sp³-hybridized carbons (Fsp3) is 0.473. The zero-order chi connectivity index (χ0) is 75.6. The first-order valence-corrected chi connectivity index (χ1v) is 41.5. The van der Waals surface area contributed by atoms with Gasteiger partial charge in [0.2, 0.25) is 30.1 Å². The number of benzene rings is 3. The smallest absolute Gasteiger partial charge is 0.263 e. The van der Waals surface area contributed by atoms with Gasteiger partial charge in [-0.15, -0.1) is 0 Å². The molecule has 3 fully saturated rings. The molecule has 1 saturated heterocycles. The second-order valence-electron chi connectivity index (χ2n) is 28.9. The highest BCUT2D eigenvalue weighted by Crippen LogP contribution is 2.39. The van der Waals surface area contributed by atoms with Gasteiger partial charge in [-0.1, -0.05) is 0 Å². The molecule has 2 saturated carbocycles. The molecule has 3 aromatic carbocycles. The van der Waals surface area contributed by atoms with Gasteiger partial charge in [-0.3, -0.25) is 14.0 Å².